The summed E-state index contributed by atoms with van der Waals surface area (Å²) in [5, 5.41) is 0. The average Bonchev–Trinajstić information content (AvgIpc) is 2.73. The minimum absolute atomic E-state index is 0. The Balaban J connectivity index is -0.000000201. The van der Waals surface area contributed by atoms with Crippen LogP contribution in [0.5, 0.6) is 0 Å². The van der Waals surface area contributed by atoms with Crippen LogP contribution in [0.3, 0.4) is 0 Å². The predicted octanol–water partition coefficient (Wildman–Crippen LogP) is 8.33. The third kappa shape index (κ3) is 11.6. The Hall–Kier alpha value is 0.977. The van der Waals surface area contributed by atoms with Gasteiger partial charge < -0.3 is 42.5 Å². The van der Waals surface area contributed by atoms with Gasteiger partial charge in [-0.15, -0.1) is 0 Å². The Labute approximate surface area is 227 Å². The Morgan fingerprint density at radius 1 is 0.594 bits per heavy atom. The van der Waals surface area contributed by atoms with E-state index in [2.05, 4.69) is 83.1 Å². The average molecular weight is 790 g/mol. The van der Waals surface area contributed by atoms with Crippen molar-refractivity contribution in [2.75, 3.05) is 0 Å². The van der Waals surface area contributed by atoms with Crippen LogP contribution >= 0.6 is 0 Å². The summed E-state index contributed by atoms with van der Waals surface area (Å²) >= 11 is 0.667. The Morgan fingerprint density at radius 2 is 0.938 bits per heavy atom. The van der Waals surface area contributed by atoms with Crippen LogP contribution in [0, 0.1) is 114 Å². The van der Waals surface area contributed by atoms with Gasteiger partial charge in [0.2, 0.25) is 0 Å². The van der Waals surface area contributed by atoms with Crippen LogP contribution in [0.2, 0.25) is 0 Å². The van der Waals surface area contributed by atoms with E-state index in [1.807, 2.05) is 0 Å². The third-order valence-corrected chi connectivity index (χ3v) is 8.58. The summed E-state index contributed by atoms with van der Waals surface area (Å²) in [6, 6.07) is 0. The molecule has 0 aromatic carbocycles. The molecule has 4 heteroatoms. The van der Waals surface area contributed by atoms with Crippen molar-refractivity contribution < 1.29 is 46.3 Å². The fraction of sp³-hybridized carbons (Fsp3) is 0.786. The molecule has 2 saturated carbocycles. The first-order valence-electron chi connectivity index (χ1n) is 11.6. The van der Waals surface area contributed by atoms with Crippen LogP contribution < -0.4 is 0 Å². The molecular weight excluding hydrogens is 736 g/mol. The summed E-state index contributed by atoms with van der Waals surface area (Å²) in [6.45, 7) is 35.6. The van der Waals surface area contributed by atoms with Gasteiger partial charge in [0.25, 0.3) is 0 Å². The summed E-state index contributed by atoms with van der Waals surface area (Å²) in [5.74, 6) is 8.72. The molecule has 2 fully saturated rings. The fourth-order valence-electron chi connectivity index (χ4n) is 5.69. The molecule has 2 nitrogen and oxygen atoms in total. The Kier molecular flexibility index (Phi) is 25.3. The molecule has 2 aliphatic rings. The van der Waals surface area contributed by atoms with Crippen LogP contribution in [0.1, 0.15) is 68.2 Å². The van der Waals surface area contributed by atoms with Gasteiger partial charge in [0.1, 0.15) is 0 Å². The first-order valence-corrected chi connectivity index (χ1v) is 13.9. The van der Waals surface area contributed by atoms with Gasteiger partial charge in [0.05, 0.1) is 0 Å². The molecule has 2 rings (SSSR count). The quantitative estimate of drug-likeness (QED) is 0.264. The van der Waals surface area contributed by atoms with Gasteiger partial charge in [0, 0.05) is 0 Å². The van der Waals surface area contributed by atoms with E-state index in [1.54, 1.807) is 0 Å². The van der Waals surface area contributed by atoms with E-state index >= 15 is 0 Å². The molecule has 0 radical (unpaired) electrons. The molecule has 0 bridgehead atoms. The van der Waals surface area contributed by atoms with Gasteiger partial charge in [-0.2, -0.15) is 23.7 Å². The van der Waals surface area contributed by atoms with Crippen molar-refractivity contribution in [3.05, 3.63) is 42.5 Å². The predicted molar refractivity (Wildman–Crippen MR) is 132 cm³/mol. The van der Waals surface area contributed by atoms with E-state index in [0.717, 1.165) is 47.3 Å². The zero-order valence-corrected chi connectivity index (χ0v) is 28.7. The van der Waals surface area contributed by atoms with Gasteiger partial charge in [-0.3, -0.25) is 0 Å². The SMILES string of the molecule is [CH2-]C(C)C1CC(C)C(C)C([CH2-])C1C.[CH2-]C(C)C1CC(C)C([CH2-])C(C)C1C.[CH3-].[CH3-].[O]=[W].[O]=[W]. The summed E-state index contributed by atoms with van der Waals surface area (Å²) in [4.78, 5) is 0. The fourth-order valence-corrected chi connectivity index (χ4v) is 5.69. The zero-order chi connectivity index (χ0) is 24.3. The second-order valence-electron chi connectivity index (χ2n) is 10.5. The van der Waals surface area contributed by atoms with Crippen molar-refractivity contribution in [2.24, 2.45) is 71.0 Å². The topological polar surface area (TPSA) is 34.1 Å². The second-order valence-corrected chi connectivity index (χ2v) is 10.5. The molecule has 0 spiro atoms. The molecule has 196 valence electrons. The molecule has 12 atom stereocenters. The van der Waals surface area contributed by atoms with E-state index in [1.165, 1.54) is 12.8 Å². The van der Waals surface area contributed by atoms with Gasteiger partial charge >= 0.3 is 46.3 Å². The minimum atomic E-state index is 0. The van der Waals surface area contributed by atoms with E-state index in [4.69, 9.17) is 6.80 Å². The van der Waals surface area contributed by atoms with Gasteiger partial charge in [-0.25, -0.2) is 0 Å². The van der Waals surface area contributed by atoms with Crippen molar-refractivity contribution >= 4 is 0 Å². The molecule has 32 heavy (non-hydrogen) atoms. The molecule has 0 saturated heterocycles. The van der Waals surface area contributed by atoms with Crippen molar-refractivity contribution in [2.45, 2.75) is 68.2 Å². The van der Waals surface area contributed by atoms with Crippen LogP contribution in [-0.2, 0) is 46.3 Å². The van der Waals surface area contributed by atoms with E-state index in [-0.39, 0.29) is 14.9 Å². The summed E-state index contributed by atoms with van der Waals surface area (Å²) in [7, 11) is 0. The summed E-state index contributed by atoms with van der Waals surface area (Å²) in [5.41, 5.74) is 0. The number of hydrogen-bond donors (Lipinski definition) is 0. The second kappa shape index (κ2) is 20.2. The van der Waals surface area contributed by atoms with Crippen LogP contribution in [-0.4, -0.2) is 0 Å². The molecule has 0 amide bonds. The number of rotatable bonds is 2. The summed E-state index contributed by atoms with van der Waals surface area (Å²) in [6.07, 6.45) is 2.67. The van der Waals surface area contributed by atoms with Crippen LogP contribution in [0.25, 0.3) is 0 Å². The van der Waals surface area contributed by atoms with Crippen molar-refractivity contribution in [3.8, 4) is 0 Å². The molecule has 0 heterocycles. The van der Waals surface area contributed by atoms with Gasteiger partial charge in [-0.1, -0.05) is 97.3 Å². The number of hydrogen-bond acceptors (Lipinski definition) is 2. The standard InChI is InChI=1S/2C13H24.2CH3.2O.2W/c2*1-8(2)13-7-9(3)10(4)11(5)12(13)6;;;;;;/h8-13H,1,5,7H2,2-4,6H3;8-13H,1,4,7H2,2-3,5-6H3;2*1H3;;;;/q2*-2;2*-1;;;;. The summed E-state index contributed by atoms with van der Waals surface area (Å²) < 4.78 is 16.7. The van der Waals surface area contributed by atoms with Crippen LogP contribution in [0.15, 0.2) is 0 Å². The molecule has 0 N–H and O–H groups in total. The van der Waals surface area contributed by atoms with Crippen molar-refractivity contribution in [1.82, 2.24) is 0 Å². The molecule has 2 aliphatic carbocycles. The Bertz CT molecular complexity index is 403. The van der Waals surface area contributed by atoms with Crippen molar-refractivity contribution in [3.63, 3.8) is 0 Å². The van der Waals surface area contributed by atoms with E-state index in [0.29, 0.717) is 63.2 Å². The van der Waals surface area contributed by atoms with E-state index < -0.39 is 0 Å². The molecule has 12 unspecified atom stereocenters. The molecule has 0 aliphatic heterocycles. The normalized spacial score (nSPS) is 40.0. The third-order valence-electron chi connectivity index (χ3n) is 8.58. The van der Waals surface area contributed by atoms with Crippen molar-refractivity contribution in [1.29, 1.82) is 0 Å². The Morgan fingerprint density at radius 3 is 1.31 bits per heavy atom. The van der Waals surface area contributed by atoms with Crippen LogP contribution in [0.4, 0.5) is 0 Å². The first kappa shape index (κ1) is 40.2. The molecule has 0 aromatic heterocycles. The monoisotopic (exact) mass is 790 g/mol. The molecular formula is C28H54O2W2-6. The maximum atomic E-state index is 8.33. The van der Waals surface area contributed by atoms with E-state index in [9.17, 15) is 0 Å². The molecule has 0 aromatic rings. The maximum absolute atomic E-state index is 8.33. The van der Waals surface area contributed by atoms with Gasteiger partial charge in [0.15, 0.2) is 0 Å². The zero-order valence-electron chi connectivity index (χ0n) is 22.8. The first-order chi connectivity index (χ1) is 13.9. The van der Waals surface area contributed by atoms with Gasteiger partial charge in [-0.05, 0) is 18.3 Å².